The molecule has 0 aliphatic carbocycles. The van der Waals surface area contributed by atoms with Gasteiger partial charge in [-0.2, -0.15) is 0 Å². The molecule has 0 aliphatic heterocycles. The number of fused-ring (bicyclic) bond motifs is 1. The van der Waals surface area contributed by atoms with Crippen molar-refractivity contribution in [2.45, 2.75) is 65.1 Å². The average Bonchev–Trinajstić information content (AvgIpc) is 3.60. The SMILES string of the molecule is CCCC(CCC)c1ccc(OCc2ccc(-c3csc(CN(CC(=O)O)Cc4nc5ccccc5n4C)c3)cc2)cc1.Cl. The van der Waals surface area contributed by atoms with Gasteiger partial charge >= 0.3 is 5.97 Å². The first-order valence-corrected chi connectivity index (χ1v) is 16.1. The molecule has 0 saturated heterocycles. The molecule has 0 bridgehead atoms. The fourth-order valence-electron chi connectivity index (χ4n) is 5.70. The van der Waals surface area contributed by atoms with E-state index in [4.69, 9.17) is 9.72 Å². The number of aromatic nitrogens is 2. The minimum absolute atomic E-state index is 0. The van der Waals surface area contributed by atoms with Crippen LogP contribution in [0.1, 0.15) is 67.3 Å². The van der Waals surface area contributed by atoms with Gasteiger partial charge in [0.05, 0.1) is 24.1 Å². The molecule has 0 aliphatic rings. The molecule has 5 rings (SSSR count). The molecule has 0 amide bonds. The average molecular weight is 632 g/mol. The largest absolute Gasteiger partial charge is 0.489 e. The Kier molecular flexibility index (Phi) is 12.0. The van der Waals surface area contributed by atoms with Crippen LogP contribution in [0.4, 0.5) is 0 Å². The number of carboxylic acid groups (broad SMARTS) is 1. The van der Waals surface area contributed by atoms with Crippen molar-refractivity contribution in [3.8, 4) is 16.9 Å². The number of aliphatic carboxylic acids is 1. The van der Waals surface area contributed by atoms with Gasteiger partial charge in [-0.15, -0.1) is 23.7 Å². The Balaban J connectivity index is 0.00000442. The quantitative estimate of drug-likeness (QED) is 0.125. The van der Waals surface area contributed by atoms with E-state index in [9.17, 15) is 9.90 Å². The molecular weight excluding hydrogens is 590 g/mol. The topological polar surface area (TPSA) is 67.6 Å². The van der Waals surface area contributed by atoms with Crippen LogP contribution >= 0.6 is 23.7 Å². The van der Waals surface area contributed by atoms with E-state index in [1.807, 2.05) is 40.8 Å². The number of thiophene rings is 1. The van der Waals surface area contributed by atoms with Gasteiger partial charge < -0.3 is 14.4 Å². The maximum absolute atomic E-state index is 11.7. The lowest BCUT2D eigenvalue weighted by atomic mass is 9.90. The summed E-state index contributed by atoms with van der Waals surface area (Å²) in [6.07, 6.45) is 4.88. The molecule has 44 heavy (non-hydrogen) atoms. The fourth-order valence-corrected chi connectivity index (χ4v) is 6.64. The number of nitrogens with zero attached hydrogens (tertiary/aromatic N) is 3. The van der Waals surface area contributed by atoms with Gasteiger partial charge in [-0.05, 0) is 76.7 Å². The summed E-state index contributed by atoms with van der Waals surface area (Å²) in [5.74, 6) is 1.54. The second-order valence-electron chi connectivity index (χ2n) is 11.2. The predicted molar refractivity (Wildman–Crippen MR) is 183 cm³/mol. The number of carbonyl (C=O) groups is 1. The third-order valence-corrected chi connectivity index (χ3v) is 8.88. The second-order valence-corrected chi connectivity index (χ2v) is 12.2. The lowest BCUT2D eigenvalue weighted by Crippen LogP contribution is -2.29. The number of para-hydroxylation sites is 2. The molecule has 0 saturated carbocycles. The number of ether oxygens (including phenoxy) is 1. The highest BCUT2D eigenvalue weighted by Crippen LogP contribution is 2.29. The Labute approximate surface area is 270 Å². The summed E-state index contributed by atoms with van der Waals surface area (Å²) in [4.78, 5) is 19.5. The van der Waals surface area contributed by atoms with Crippen LogP contribution in [-0.2, 0) is 31.5 Å². The van der Waals surface area contributed by atoms with Gasteiger partial charge in [0.2, 0.25) is 0 Å². The molecule has 1 N–H and O–H groups in total. The summed E-state index contributed by atoms with van der Waals surface area (Å²) < 4.78 is 8.13. The normalized spacial score (nSPS) is 11.3. The predicted octanol–water partition coefficient (Wildman–Crippen LogP) is 9.07. The summed E-state index contributed by atoms with van der Waals surface area (Å²) >= 11 is 1.65. The van der Waals surface area contributed by atoms with E-state index in [-0.39, 0.29) is 19.0 Å². The Hall–Kier alpha value is -3.65. The number of carboxylic acids is 1. The smallest absolute Gasteiger partial charge is 0.317 e. The van der Waals surface area contributed by atoms with Crippen molar-refractivity contribution in [3.63, 3.8) is 0 Å². The zero-order valence-electron chi connectivity index (χ0n) is 25.7. The van der Waals surface area contributed by atoms with E-state index in [0.29, 0.717) is 25.6 Å². The fraction of sp³-hybridized carbons (Fsp3) is 0.333. The third kappa shape index (κ3) is 8.50. The number of benzene rings is 3. The van der Waals surface area contributed by atoms with Gasteiger partial charge in [0.1, 0.15) is 18.2 Å². The van der Waals surface area contributed by atoms with Crippen LogP contribution < -0.4 is 4.74 Å². The van der Waals surface area contributed by atoms with Crippen LogP contribution in [0.3, 0.4) is 0 Å². The Morgan fingerprint density at radius 3 is 2.32 bits per heavy atom. The number of halogens is 1. The van der Waals surface area contributed by atoms with Crippen LogP contribution in [0.25, 0.3) is 22.2 Å². The molecule has 232 valence electrons. The third-order valence-electron chi connectivity index (χ3n) is 7.96. The number of rotatable bonds is 15. The molecule has 2 heterocycles. The summed E-state index contributed by atoms with van der Waals surface area (Å²) in [6.45, 7) is 5.98. The molecule has 0 atom stereocenters. The first-order valence-electron chi connectivity index (χ1n) is 15.2. The van der Waals surface area contributed by atoms with Crippen molar-refractivity contribution in [2.75, 3.05) is 6.54 Å². The highest BCUT2D eigenvalue weighted by Gasteiger charge is 2.17. The van der Waals surface area contributed by atoms with Crippen LogP contribution in [-0.4, -0.2) is 32.1 Å². The maximum Gasteiger partial charge on any atom is 0.317 e. The first-order chi connectivity index (χ1) is 20.9. The zero-order chi connectivity index (χ0) is 30.2. The summed E-state index contributed by atoms with van der Waals surface area (Å²) in [7, 11) is 1.98. The lowest BCUT2D eigenvalue weighted by molar-refractivity contribution is -0.138. The summed E-state index contributed by atoms with van der Waals surface area (Å²) in [5.41, 5.74) is 6.76. The minimum Gasteiger partial charge on any atom is -0.489 e. The van der Waals surface area contributed by atoms with E-state index in [1.54, 1.807) is 11.3 Å². The van der Waals surface area contributed by atoms with Crippen molar-refractivity contribution >= 4 is 40.7 Å². The minimum atomic E-state index is -0.846. The monoisotopic (exact) mass is 631 g/mol. The molecule has 2 aromatic heterocycles. The molecule has 0 radical (unpaired) electrons. The molecule has 0 spiro atoms. The first kappa shape index (κ1) is 33.2. The van der Waals surface area contributed by atoms with Gasteiger partial charge in [0, 0.05) is 18.5 Å². The highest BCUT2D eigenvalue weighted by molar-refractivity contribution is 7.10. The molecule has 0 fully saturated rings. The van der Waals surface area contributed by atoms with Crippen molar-refractivity contribution in [1.82, 2.24) is 14.5 Å². The van der Waals surface area contributed by atoms with Gasteiger partial charge in [0.25, 0.3) is 0 Å². The number of hydrogen-bond acceptors (Lipinski definition) is 5. The standard InChI is InChI=1S/C36H41N3O3S.ClH/c1-4-8-27(9-5-2)28-16-18-31(19-17-28)42-24-26-12-14-29(15-13-26)30-20-32(43-25-30)21-39(23-36(40)41)22-35-37-33-10-6-7-11-34(33)38(35)3;/h6-7,10-20,25,27H,4-5,8-9,21-24H2,1-3H3,(H,40,41);1H. The van der Waals surface area contributed by atoms with E-state index < -0.39 is 5.97 Å². The molecule has 6 nitrogen and oxygen atoms in total. The van der Waals surface area contributed by atoms with Gasteiger partial charge in [0.15, 0.2) is 0 Å². The lowest BCUT2D eigenvalue weighted by Gasteiger charge is -2.19. The highest BCUT2D eigenvalue weighted by atomic mass is 35.5. The molecule has 3 aromatic carbocycles. The van der Waals surface area contributed by atoms with E-state index in [0.717, 1.165) is 44.2 Å². The Bertz CT molecular complexity index is 1620. The van der Waals surface area contributed by atoms with E-state index in [1.165, 1.54) is 31.2 Å². The van der Waals surface area contributed by atoms with Gasteiger partial charge in [-0.3, -0.25) is 9.69 Å². The van der Waals surface area contributed by atoms with Crippen LogP contribution in [0, 0.1) is 0 Å². The molecule has 8 heteroatoms. The van der Waals surface area contributed by atoms with Crippen LogP contribution in [0.5, 0.6) is 5.75 Å². The Morgan fingerprint density at radius 2 is 1.66 bits per heavy atom. The zero-order valence-corrected chi connectivity index (χ0v) is 27.4. The number of hydrogen-bond donors (Lipinski definition) is 1. The van der Waals surface area contributed by atoms with Crippen LogP contribution in [0.15, 0.2) is 84.2 Å². The van der Waals surface area contributed by atoms with Gasteiger partial charge in [-0.1, -0.05) is 75.2 Å². The summed E-state index contributed by atoms with van der Waals surface area (Å²) in [6, 6.07) is 27.2. The van der Waals surface area contributed by atoms with Crippen molar-refractivity contribution in [3.05, 3.63) is 106 Å². The number of imidazole rings is 1. The maximum atomic E-state index is 11.7. The van der Waals surface area contributed by atoms with E-state index >= 15 is 0 Å². The van der Waals surface area contributed by atoms with E-state index in [2.05, 4.69) is 73.8 Å². The second kappa shape index (κ2) is 15.9. The van der Waals surface area contributed by atoms with Crippen molar-refractivity contribution < 1.29 is 14.6 Å². The molecule has 0 unspecified atom stereocenters. The summed E-state index contributed by atoms with van der Waals surface area (Å²) in [5, 5.41) is 11.7. The van der Waals surface area contributed by atoms with Crippen molar-refractivity contribution in [2.24, 2.45) is 7.05 Å². The van der Waals surface area contributed by atoms with Crippen LogP contribution in [0.2, 0.25) is 0 Å². The van der Waals surface area contributed by atoms with Gasteiger partial charge in [-0.25, -0.2) is 4.98 Å². The number of aryl methyl sites for hydroxylation is 1. The van der Waals surface area contributed by atoms with Crippen molar-refractivity contribution in [1.29, 1.82) is 0 Å². The molecular formula is C36H42ClN3O3S. The Morgan fingerprint density at radius 1 is 0.955 bits per heavy atom. The molecule has 5 aromatic rings.